The van der Waals surface area contributed by atoms with Gasteiger partial charge in [0.05, 0.1) is 4.88 Å². The largest absolute Gasteiger partial charge is 0.317 e. The van der Waals surface area contributed by atoms with Crippen LogP contribution >= 0.6 is 22.7 Å². The van der Waals surface area contributed by atoms with Crippen LogP contribution in [-0.2, 0) is 0 Å². The maximum Gasteiger partial charge on any atom is 0.267 e. The Morgan fingerprint density at radius 2 is 2.04 bits per heavy atom. The number of nitrogens with zero attached hydrogens (tertiary/aromatic N) is 1. The molecule has 1 aliphatic heterocycles. The molecule has 0 atom stereocenters. The molecular formula is C17H17N3OS2. The predicted octanol–water partition coefficient (Wildman–Crippen LogP) is 4.08. The van der Waals surface area contributed by atoms with E-state index in [2.05, 4.69) is 15.6 Å². The Labute approximate surface area is 142 Å². The first-order valence-electron chi connectivity index (χ1n) is 7.76. The molecule has 6 heteroatoms. The number of anilines is 1. The van der Waals surface area contributed by atoms with Crippen molar-refractivity contribution in [1.29, 1.82) is 0 Å². The Morgan fingerprint density at radius 3 is 2.87 bits per heavy atom. The second-order valence-corrected chi connectivity index (χ2v) is 7.84. The Balaban J connectivity index is 1.49. The lowest BCUT2D eigenvalue weighted by Crippen LogP contribution is -2.26. The van der Waals surface area contributed by atoms with E-state index in [4.69, 9.17) is 0 Å². The number of amides is 1. The summed E-state index contributed by atoms with van der Waals surface area (Å²) < 4.78 is 1.13. The SMILES string of the molecule is O=C(Nc1ncc(C2CCNCC2)s1)c1cc2ccccc2s1. The molecule has 4 rings (SSSR count). The van der Waals surface area contributed by atoms with Gasteiger partial charge in [0.15, 0.2) is 5.13 Å². The minimum Gasteiger partial charge on any atom is -0.317 e. The molecule has 0 saturated carbocycles. The molecule has 0 unspecified atom stereocenters. The highest BCUT2D eigenvalue weighted by atomic mass is 32.1. The van der Waals surface area contributed by atoms with Gasteiger partial charge in [-0.05, 0) is 49.4 Å². The van der Waals surface area contributed by atoms with Crippen LogP contribution in [0.5, 0.6) is 0 Å². The van der Waals surface area contributed by atoms with E-state index in [1.807, 2.05) is 36.5 Å². The van der Waals surface area contributed by atoms with Gasteiger partial charge < -0.3 is 5.32 Å². The lowest BCUT2D eigenvalue weighted by Gasteiger charge is -2.20. The molecule has 1 saturated heterocycles. The number of fused-ring (bicyclic) bond motifs is 1. The number of carbonyl (C=O) groups is 1. The van der Waals surface area contributed by atoms with Gasteiger partial charge in [0.25, 0.3) is 5.91 Å². The molecule has 1 fully saturated rings. The molecule has 2 aromatic heterocycles. The van der Waals surface area contributed by atoms with E-state index in [1.165, 1.54) is 16.2 Å². The summed E-state index contributed by atoms with van der Waals surface area (Å²) in [6, 6.07) is 9.99. The molecule has 0 bridgehead atoms. The Hall–Kier alpha value is -1.76. The molecule has 0 radical (unpaired) electrons. The normalized spacial score (nSPS) is 15.8. The zero-order chi connectivity index (χ0) is 15.6. The Bertz CT molecular complexity index is 800. The quantitative estimate of drug-likeness (QED) is 0.753. The molecule has 0 aliphatic carbocycles. The molecule has 1 amide bonds. The molecule has 2 N–H and O–H groups in total. The monoisotopic (exact) mass is 343 g/mol. The zero-order valence-corrected chi connectivity index (χ0v) is 14.2. The minimum absolute atomic E-state index is 0.0718. The van der Waals surface area contributed by atoms with Gasteiger partial charge in [-0.2, -0.15) is 0 Å². The smallest absolute Gasteiger partial charge is 0.267 e. The summed E-state index contributed by atoms with van der Waals surface area (Å²) in [5, 5.41) is 8.12. The van der Waals surface area contributed by atoms with E-state index in [0.29, 0.717) is 11.0 Å². The third-order valence-electron chi connectivity index (χ3n) is 4.13. The lowest BCUT2D eigenvalue weighted by molar-refractivity contribution is 0.103. The lowest BCUT2D eigenvalue weighted by atomic mass is 9.97. The molecule has 3 heterocycles. The number of carbonyl (C=O) groups excluding carboxylic acids is 1. The third-order valence-corrected chi connectivity index (χ3v) is 6.32. The van der Waals surface area contributed by atoms with Crippen LogP contribution in [0.25, 0.3) is 10.1 Å². The van der Waals surface area contributed by atoms with E-state index in [-0.39, 0.29) is 5.91 Å². The van der Waals surface area contributed by atoms with Crippen LogP contribution in [0, 0.1) is 0 Å². The van der Waals surface area contributed by atoms with Gasteiger partial charge in [-0.25, -0.2) is 4.98 Å². The molecule has 4 nitrogen and oxygen atoms in total. The van der Waals surface area contributed by atoms with Crippen molar-refractivity contribution in [3.05, 3.63) is 46.3 Å². The van der Waals surface area contributed by atoms with Crippen LogP contribution in [0.3, 0.4) is 0 Å². The molecular weight excluding hydrogens is 326 g/mol. The predicted molar refractivity (Wildman–Crippen MR) is 96.7 cm³/mol. The standard InChI is InChI=1S/C17H17N3OS2/c21-16(14-9-12-3-1-2-4-13(12)22-14)20-17-19-10-15(23-17)11-5-7-18-8-6-11/h1-4,9-11,18H,5-8H2,(H,19,20,21). The number of thiophene rings is 1. The van der Waals surface area contributed by atoms with E-state index < -0.39 is 0 Å². The average Bonchev–Trinajstić information content (AvgIpc) is 3.22. The van der Waals surface area contributed by atoms with Gasteiger partial charge in [0.2, 0.25) is 0 Å². The van der Waals surface area contributed by atoms with E-state index in [0.717, 1.165) is 40.9 Å². The number of aromatic nitrogens is 1. The summed E-state index contributed by atoms with van der Waals surface area (Å²) in [6.07, 6.45) is 4.21. The number of piperidine rings is 1. The fourth-order valence-corrected chi connectivity index (χ4v) is 4.83. The van der Waals surface area contributed by atoms with E-state index in [1.54, 1.807) is 11.3 Å². The maximum absolute atomic E-state index is 12.4. The number of hydrogen-bond donors (Lipinski definition) is 2. The van der Waals surface area contributed by atoms with E-state index >= 15 is 0 Å². The van der Waals surface area contributed by atoms with Crippen LogP contribution in [0.4, 0.5) is 5.13 Å². The van der Waals surface area contributed by atoms with Crippen LogP contribution < -0.4 is 10.6 Å². The van der Waals surface area contributed by atoms with Gasteiger partial charge in [-0.1, -0.05) is 18.2 Å². The Morgan fingerprint density at radius 1 is 1.22 bits per heavy atom. The van der Waals surface area contributed by atoms with Crippen LogP contribution in [0.1, 0.15) is 33.3 Å². The number of hydrogen-bond acceptors (Lipinski definition) is 5. The van der Waals surface area contributed by atoms with Gasteiger partial charge in [0, 0.05) is 15.8 Å². The van der Waals surface area contributed by atoms with Crippen LogP contribution in [0.2, 0.25) is 0 Å². The summed E-state index contributed by atoms with van der Waals surface area (Å²) in [5.74, 6) is 0.501. The van der Waals surface area contributed by atoms with Crippen molar-refractivity contribution in [3.63, 3.8) is 0 Å². The first-order valence-corrected chi connectivity index (χ1v) is 9.39. The first kappa shape index (κ1) is 14.8. The first-order chi connectivity index (χ1) is 11.3. The second-order valence-electron chi connectivity index (χ2n) is 5.69. The third kappa shape index (κ3) is 3.15. The van der Waals surface area contributed by atoms with Crippen molar-refractivity contribution in [2.24, 2.45) is 0 Å². The number of thiazole rings is 1. The average molecular weight is 343 g/mol. The molecule has 1 aliphatic rings. The van der Waals surface area contributed by atoms with Crippen LogP contribution in [-0.4, -0.2) is 24.0 Å². The van der Waals surface area contributed by atoms with Crippen molar-refractivity contribution in [2.75, 3.05) is 18.4 Å². The van der Waals surface area contributed by atoms with Crippen molar-refractivity contribution < 1.29 is 4.79 Å². The van der Waals surface area contributed by atoms with Gasteiger partial charge in [-0.3, -0.25) is 10.1 Å². The molecule has 3 aromatic rings. The number of rotatable bonds is 3. The zero-order valence-electron chi connectivity index (χ0n) is 12.5. The molecule has 0 spiro atoms. The minimum atomic E-state index is -0.0718. The van der Waals surface area contributed by atoms with Crippen molar-refractivity contribution in [3.8, 4) is 0 Å². The highest BCUT2D eigenvalue weighted by Gasteiger charge is 2.19. The fraction of sp³-hybridized carbons (Fsp3) is 0.294. The molecule has 118 valence electrons. The van der Waals surface area contributed by atoms with Gasteiger partial charge in [0.1, 0.15) is 0 Å². The highest BCUT2D eigenvalue weighted by Crippen LogP contribution is 2.32. The number of nitrogens with one attached hydrogen (secondary N) is 2. The topological polar surface area (TPSA) is 54.0 Å². The summed E-state index contributed by atoms with van der Waals surface area (Å²) in [6.45, 7) is 2.12. The van der Waals surface area contributed by atoms with E-state index in [9.17, 15) is 4.79 Å². The summed E-state index contributed by atoms with van der Waals surface area (Å²) >= 11 is 3.12. The highest BCUT2D eigenvalue weighted by molar-refractivity contribution is 7.21. The second kappa shape index (κ2) is 6.39. The Kier molecular flexibility index (Phi) is 4.11. The molecule has 23 heavy (non-hydrogen) atoms. The van der Waals surface area contributed by atoms with Crippen LogP contribution in [0.15, 0.2) is 36.5 Å². The fourth-order valence-electron chi connectivity index (χ4n) is 2.89. The molecule has 1 aromatic carbocycles. The summed E-state index contributed by atoms with van der Waals surface area (Å²) in [4.78, 5) is 18.8. The van der Waals surface area contributed by atoms with Gasteiger partial charge in [-0.15, -0.1) is 22.7 Å². The van der Waals surface area contributed by atoms with Crippen molar-refractivity contribution >= 4 is 43.8 Å². The number of benzene rings is 1. The summed E-state index contributed by atoms with van der Waals surface area (Å²) in [7, 11) is 0. The van der Waals surface area contributed by atoms with Crippen molar-refractivity contribution in [2.45, 2.75) is 18.8 Å². The van der Waals surface area contributed by atoms with Crippen molar-refractivity contribution in [1.82, 2.24) is 10.3 Å². The maximum atomic E-state index is 12.4. The van der Waals surface area contributed by atoms with Gasteiger partial charge >= 0.3 is 0 Å². The summed E-state index contributed by atoms with van der Waals surface area (Å²) in [5.41, 5.74) is 0.